The predicted octanol–water partition coefficient (Wildman–Crippen LogP) is -0.271. The summed E-state index contributed by atoms with van der Waals surface area (Å²) < 4.78 is 0. The molecule has 2 fully saturated rings. The van der Waals surface area contributed by atoms with E-state index in [0.717, 1.165) is 12.0 Å². The van der Waals surface area contributed by atoms with Crippen molar-refractivity contribution in [1.29, 1.82) is 0 Å². The van der Waals surface area contributed by atoms with Crippen LogP contribution >= 0.6 is 0 Å². The molecule has 1 aliphatic carbocycles. The van der Waals surface area contributed by atoms with Crippen LogP contribution in [0, 0.1) is 5.92 Å². The molecule has 2 heteroatoms. The molecule has 8 heavy (non-hydrogen) atoms. The molecule has 2 N–H and O–H groups in total. The van der Waals surface area contributed by atoms with Gasteiger partial charge in [-0.1, -0.05) is 0 Å². The second kappa shape index (κ2) is 1.45. The minimum absolute atomic E-state index is 0.326. The van der Waals surface area contributed by atoms with Crippen LogP contribution in [0.15, 0.2) is 0 Å². The molecular formula is C6H11NO. The largest absolute Gasteiger partial charge is 0.395 e. The van der Waals surface area contributed by atoms with Crippen LogP contribution in [0.25, 0.3) is 0 Å². The minimum Gasteiger partial charge on any atom is -0.395 e. The number of nitrogens with one attached hydrogen (secondary N) is 1. The lowest BCUT2D eigenvalue weighted by Crippen LogP contribution is -2.28. The fourth-order valence-corrected chi connectivity index (χ4v) is 1.58. The Labute approximate surface area is 48.9 Å². The molecule has 2 unspecified atom stereocenters. The molecule has 0 aromatic rings. The van der Waals surface area contributed by atoms with Gasteiger partial charge in [0, 0.05) is 12.1 Å². The molecule has 3 atom stereocenters. The summed E-state index contributed by atoms with van der Waals surface area (Å²) in [5, 5.41) is 12.0. The van der Waals surface area contributed by atoms with E-state index in [0.29, 0.717) is 12.6 Å². The van der Waals surface area contributed by atoms with Crippen LogP contribution in [-0.4, -0.2) is 23.8 Å². The summed E-state index contributed by atoms with van der Waals surface area (Å²) in [6, 6.07) is 1.21. The van der Waals surface area contributed by atoms with Crippen molar-refractivity contribution in [3.8, 4) is 0 Å². The van der Waals surface area contributed by atoms with Crippen LogP contribution in [0.5, 0.6) is 0 Å². The summed E-state index contributed by atoms with van der Waals surface area (Å²) in [5.74, 6) is 0.923. The number of hydrogen-bond acceptors (Lipinski definition) is 2. The summed E-state index contributed by atoms with van der Waals surface area (Å²) in [7, 11) is 0. The van der Waals surface area contributed by atoms with E-state index in [2.05, 4.69) is 5.32 Å². The lowest BCUT2D eigenvalue weighted by Gasteiger charge is -2.06. The van der Waals surface area contributed by atoms with E-state index >= 15 is 0 Å². The van der Waals surface area contributed by atoms with Crippen LogP contribution in [0.4, 0.5) is 0 Å². The first kappa shape index (κ1) is 4.77. The fourth-order valence-electron chi connectivity index (χ4n) is 1.58. The zero-order valence-corrected chi connectivity index (χ0v) is 4.80. The highest BCUT2D eigenvalue weighted by molar-refractivity contribution is 5.02. The normalized spacial score (nSPS) is 51.4. The molecule has 2 rings (SSSR count). The van der Waals surface area contributed by atoms with E-state index in [1.54, 1.807) is 0 Å². The van der Waals surface area contributed by atoms with Gasteiger partial charge in [-0.05, 0) is 18.8 Å². The van der Waals surface area contributed by atoms with Crippen molar-refractivity contribution in [2.24, 2.45) is 5.92 Å². The molecular weight excluding hydrogens is 102 g/mol. The Morgan fingerprint density at radius 1 is 1.50 bits per heavy atom. The summed E-state index contributed by atoms with van der Waals surface area (Å²) in [4.78, 5) is 0. The summed E-state index contributed by atoms with van der Waals surface area (Å²) in [6.45, 7) is 0.326. The Balaban J connectivity index is 1.89. The average Bonchev–Trinajstić information content (AvgIpc) is 2.40. The molecule has 0 aromatic carbocycles. The Morgan fingerprint density at radius 3 is 2.75 bits per heavy atom. The third kappa shape index (κ3) is 0.565. The maximum Gasteiger partial charge on any atom is 0.0584 e. The Bertz CT molecular complexity index is 94.7. The van der Waals surface area contributed by atoms with Gasteiger partial charge in [-0.15, -0.1) is 0 Å². The molecule has 0 amide bonds. The zero-order chi connectivity index (χ0) is 5.56. The molecule has 1 saturated heterocycles. The predicted molar refractivity (Wildman–Crippen MR) is 30.5 cm³/mol. The van der Waals surface area contributed by atoms with Gasteiger partial charge in [-0.3, -0.25) is 0 Å². The molecule has 0 aromatic heterocycles. The highest BCUT2D eigenvalue weighted by Crippen LogP contribution is 2.40. The molecule has 0 bridgehead atoms. The maximum absolute atomic E-state index is 8.64. The average molecular weight is 113 g/mol. The molecule has 2 nitrogen and oxygen atoms in total. The van der Waals surface area contributed by atoms with Gasteiger partial charge < -0.3 is 10.4 Å². The molecule has 2 aliphatic rings. The smallest absolute Gasteiger partial charge is 0.0584 e. The van der Waals surface area contributed by atoms with Crippen LogP contribution < -0.4 is 5.32 Å². The van der Waals surface area contributed by atoms with Gasteiger partial charge in [0.25, 0.3) is 0 Å². The highest BCUT2D eigenvalue weighted by Gasteiger charge is 2.45. The first-order chi connectivity index (χ1) is 3.90. The van der Waals surface area contributed by atoms with Crippen LogP contribution in [-0.2, 0) is 0 Å². The molecule has 0 spiro atoms. The maximum atomic E-state index is 8.64. The molecule has 1 heterocycles. The summed E-state index contributed by atoms with van der Waals surface area (Å²) in [5.41, 5.74) is 0. The Hall–Kier alpha value is -0.0800. The molecule has 1 saturated carbocycles. The third-order valence-corrected chi connectivity index (χ3v) is 2.18. The molecule has 0 radical (unpaired) electrons. The van der Waals surface area contributed by atoms with Crippen molar-refractivity contribution in [3.05, 3.63) is 0 Å². The monoisotopic (exact) mass is 113 g/mol. The highest BCUT2D eigenvalue weighted by atomic mass is 16.3. The number of aliphatic hydroxyl groups is 1. The summed E-state index contributed by atoms with van der Waals surface area (Å²) >= 11 is 0. The van der Waals surface area contributed by atoms with Crippen molar-refractivity contribution in [3.63, 3.8) is 0 Å². The van der Waals surface area contributed by atoms with E-state index in [1.165, 1.54) is 12.8 Å². The third-order valence-electron chi connectivity index (χ3n) is 2.18. The van der Waals surface area contributed by atoms with Crippen LogP contribution in [0.1, 0.15) is 12.8 Å². The number of rotatable bonds is 1. The molecule has 46 valence electrons. The quantitative estimate of drug-likeness (QED) is 0.490. The summed E-state index contributed by atoms with van der Waals surface area (Å²) in [6.07, 6.45) is 2.57. The van der Waals surface area contributed by atoms with Gasteiger partial charge in [-0.25, -0.2) is 0 Å². The topological polar surface area (TPSA) is 32.3 Å². The van der Waals surface area contributed by atoms with Gasteiger partial charge in [-0.2, -0.15) is 0 Å². The first-order valence-electron chi connectivity index (χ1n) is 3.27. The van der Waals surface area contributed by atoms with Crippen molar-refractivity contribution in [2.45, 2.75) is 24.9 Å². The second-order valence-electron chi connectivity index (χ2n) is 2.88. The Morgan fingerprint density at radius 2 is 2.38 bits per heavy atom. The number of hydrogen-bond donors (Lipinski definition) is 2. The van der Waals surface area contributed by atoms with Crippen molar-refractivity contribution >= 4 is 0 Å². The van der Waals surface area contributed by atoms with E-state index < -0.39 is 0 Å². The number of piperidine rings is 1. The van der Waals surface area contributed by atoms with Gasteiger partial charge in [0.1, 0.15) is 0 Å². The van der Waals surface area contributed by atoms with Crippen molar-refractivity contribution in [1.82, 2.24) is 5.32 Å². The SMILES string of the molecule is OC[C@@H]1CC2CC2N1. The standard InChI is InChI=1S/C6H11NO/c8-3-5-1-4-2-6(4)7-5/h4-8H,1-3H2/t4?,5-,6?/m0/s1. The number of fused-ring (bicyclic) bond motifs is 1. The zero-order valence-electron chi connectivity index (χ0n) is 4.80. The minimum atomic E-state index is 0.326. The first-order valence-corrected chi connectivity index (χ1v) is 3.27. The van der Waals surface area contributed by atoms with Gasteiger partial charge >= 0.3 is 0 Å². The van der Waals surface area contributed by atoms with E-state index in [4.69, 9.17) is 5.11 Å². The van der Waals surface area contributed by atoms with Gasteiger partial charge in [0.2, 0.25) is 0 Å². The van der Waals surface area contributed by atoms with E-state index in [1.807, 2.05) is 0 Å². The lowest BCUT2D eigenvalue weighted by atomic mass is 10.2. The van der Waals surface area contributed by atoms with Gasteiger partial charge in [0.15, 0.2) is 0 Å². The van der Waals surface area contributed by atoms with Crippen molar-refractivity contribution < 1.29 is 5.11 Å². The molecule has 1 aliphatic heterocycles. The number of aliphatic hydroxyl groups excluding tert-OH is 1. The second-order valence-corrected chi connectivity index (χ2v) is 2.88. The Kier molecular flexibility index (Phi) is 0.866. The fraction of sp³-hybridized carbons (Fsp3) is 1.00. The van der Waals surface area contributed by atoms with Crippen LogP contribution in [0.2, 0.25) is 0 Å². The van der Waals surface area contributed by atoms with Crippen LogP contribution in [0.3, 0.4) is 0 Å². The van der Waals surface area contributed by atoms with E-state index in [9.17, 15) is 0 Å². The lowest BCUT2D eigenvalue weighted by molar-refractivity contribution is 0.246. The van der Waals surface area contributed by atoms with Crippen molar-refractivity contribution in [2.75, 3.05) is 6.61 Å². The van der Waals surface area contributed by atoms with Gasteiger partial charge in [0.05, 0.1) is 6.61 Å². The van der Waals surface area contributed by atoms with E-state index in [-0.39, 0.29) is 0 Å².